The van der Waals surface area contributed by atoms with E-state index >= 15 is 0 Å². The zero-order valence-corrected chi connectivity index (χ0v) is 17.0. The first-order valence-corrected chi connectivity index (χ1v) is 9.01. The maximum atomic E-state index is 11.8. The number of carbonyl (C=O) groups excluding carboxylic acids is 1. The van der Waals surface area contributed by atoms with Crippen molar-refractivity contribution in [2.45, 2.75) is 6.92 Å². The lowest BCUT2D eigenvalue weighted by Gasteiger charge is -2.11. The summed E-state index contributed by atoms with van der Waals surface area (Å²) in [5, 5.41) is 4.04. The van der Waals surface area contributed by atoms with Gasteiger partial charge >= 0.3 is 5.97 Å². The molecule has 0 aliphatic heterocycles. The second-order valence-electron chi connectivity index (χ2n) is 5.72. The Morgan fingerprint density at radius 1 is 1.11 bits per heavy atom. The molecule has 144 valence electrons. The van der Waals surface area contributed by atoms with Gasteiger partial charge in [-0.1, -0.05) is 33.2 Å². The maximum absolute atomic E-state index is 11.8. The van der Waals surface area contributed by atoms with E-state index in [2.05, 4.69) is 26.1 Å². The van der Waals surface area contributed by atoms with Gasteiger partial charge in [0, 0.05) is 15.6 Å². The number of hydrogen-bond acceptors (Lipinski definition) is 7. The van der Waals surface area contributed by atoms with Gasteiger partial charge in [-0.3, -0.25) is 0 Å². The van der Waals surface area contributed by atoms with Crippen LogP contribution in [0, 0.1) is 6.92 Å². The van der Waals surface area contributed by atoms with Crippen molar-refractivity contribution in [2.75, 3.05) is 14.2 Å². The van der Waals surface area contributed by atoms with Crippen LogP contribution >= 0.6 is 15.9 Å². The highest BCUT2D eigenvalue weighted by atomic mass is 79.9. The number of aromatic nitrogens is 2. The highest BCUT2D eigenvalue weighted by molar-refractivity contribution is 9.10. The summed E-state index contributed by atoms with van der Waals surface area (Å²) in [5.41, 5.74) is 2.29. The Morgan fingerprint density at radius 3 is 2.50 bits per heavy atom. The quantitative estimate of drug-likeness (QED) is 0.314. The molecule has 0 aliphatic rings. The van der Waals surface area contributed by atoms with E-state index in [0.717, 1.165) is 15.6 Å². The summed E-state index contributed by atoms with van der Waals surface area (Å²) in [6, 6.07) is 12.9. The van der Waals surface area contributed by atoms with Gasteiger partial charge in [-0.2, -0.15) is 4.98 Å². The monoisotopic (exact) mass is 444 g/mol. The molecule has 0 unspecified atom stereocenters. The average Bonchev–Trinajstić information content (AvgIpc) is 3.19. The molecule has 3 aromatic rings. The molecule has 0 aliphatic carbocycles. The topological polar surface area (TPSA) is 83.7 Å². The Hall–Kier alpha value is -3.13. The Bertz CT molecular complexity index is 1010. The predicted molar refractivity (Wildman–Crippen MR) is 105 cm³/mol. The van der Waals surface area contributed by atoms with Crippen molar-refractivity contribution in [1.82, 2.24) is 10.1 Å². The molecule has 0 N–H and O–H groups in total. The Labute approximate surface area is 170 Å². The number of methoxy groups -OCH3 is 2. The van der Waals surface area contributed by atoms with E-state index in [-0.39, 0.29) is 5.76 Å². The summed E-state index contributed by atoms with van der Waals surface area (Å²) in [7, 11) is 2.68. The van der Waals surface area contributed by atoms with Gasteiger partial charge in [0.05, 0.1) is 14.2 Å². The van der Waals surface area contributed by atoms with Crippen molar-refractivity contribution in [3.05, 3.63) is 64.5 Å². The molecule has 3 rings (SSSR count). The van der Waals surface area contributed by atoms with E-state index < -0.39 is 5.97 Å². The molecular formula is C20H17BrN2O5. The lowest BCUT2D eigenvalue weighted by atomic mass is 10.1. The minimum Gasteiger partial charge on any atom is -0.500 e. The van der Waals surface area contributed by atoms with Crippen LogP contribution in [0.1, 0.15) is 5.56 Å². The second kappa shape index (κ2) is 8.71. The van der Waals surface area contributed by atoms with E-state index in [1.54, 1.807) is 6.07 Å². The lowest BCUT2D eigenvalue weighted by molar-refractivity contribution is -0.138. The molecule has 28 heavy (non-hydrogen) atoms. The van der Waals surface area contributed by atoms with E-state index in [0.29, 0.717) is 23.0 Å². The van der Waals surface area contributed by atoms with Gasteiger partial charge in [0.25, 0.3) is 5.89 Å². The number of rotatable bonds is 6. The van der Waals surface area contributed by atoms with Gasteiger partial charge in [-0.05, 0) is 42.8 Å². The summed E-state index contributed by atoms with van der Waals surface area (Å²) in [6.07, 6.45) is 1.18. The van der Waals surface area contributed by atoms with Crippen molar-refractivity contribution in [2.24, 2.45) is 0 Å². The lowest BCUT2D eigenvalue weighted by Crippen LogP contribution is -2.11. The number of aryl methyl sites for hydroxylation is 1. The third kappa shape index (κ3) is 4.40. The minimum atomic E-state index is -0.649. The molecule has 1 heterocycles. The SMILES string of the molecule is CO/C=C(\Oc1cc(-c2noc(-c3ccc(Br)cc3)n2)ccc1C)C(=O)OC. The molecule has 0 fully saturated rings. The summed E-state index contributed by atoms with van der Waals surface area (Å²) in [4.78, 5) is 16.3. The van der Waals surface area contributed by atoms with Gasteiger partial charge < -0.3 is 18.7 Å². The first kappa shape index (κ1) is 19.6. The second-order valence-corrected chi connectivity index (χ2v) is 6.64. The number of esters is 1. The molecular weight excluding hydrogens is 428 g/mol. The van der Waals surface area contributed by atoms with Gasteiger partial charge in [0.2, 0.25) is 11.6 Å². The smallest absolute Gasteiger partial charge is 0.377 e. The standard InChI is InChI=1S/C20H17BrN2O5/c1-12-4-5-14(10-16(12)27-17(11-25-2)20(24)26-3)18-22-19(28-23-18)13-6-8-15(21)9-7-13/h4-11H,1-3H3/b17-11-. The van der Waals surface area contributed by atoms with Crippen LogP contribution in [0.2, 0.25) is 0 Å². The summed E-state index contributed by atoms with van der Waals surface area (Å²) in [5.74, 6) is 0.525. The summed E-state index contributed by atoms with van der Waals surface area (Å²) < 4.78 is 21.6. The number of carbonyl (C=O) groups is 1. The van der Waals surface area contributed by atoms with Crippen LogP contribution in [0.4, 0.5) is 0 Å². The Balaban J connectivity index is 1.90. The van der Waals surface area contributed by atoms with Gasteiger partial charge in [-0.25, -0.2) is 4.79 Å². The normalized spacial score (nSPS) is 11.2. The molecule has 0 spiro atoms. The number of nitrogens with zero attached hydrogens (tertiary/aromatic N) is 2. The molecule has 0 radical (unpaired) electrons. The van der Waals surface area contributed by atoms with Crippen molar-refractivity contribution < 1.29 is 23.5 Å². The summed E-state index contributed by atoms with van der Waals surface area (Å²) >= 11 is 3.39. The molecule has 0 amide bonds. The molecule has 0 saturated heterocycles. The zero-order chi connectivity index (χ0) is 20.1. The van der Waals surface area contributed by atoms with E-state index in [1.165, 1.54) is 20.5 Å². The predicted octanol–water partition coefficient (Wildman–Crippen LogP) is 4.51. The van der Waals surface area contributed by atoms with E-state index in [4.69, 9.17) is 18.7 Å². The largest absolute Gasteiger partial charge is 0.500 e. The molecule has 0 atom stereocenters. The average molecular weight is 445 g/mol. The van der Waals surface area contributed by atoms with Gasteiger partial charge in [0.1, 0.15) is 12.0 Å². The van der Waals surface area contributed by atoms with Crippen LogP contribution in [0.3, 0.4) is 0 Å². The van der Waals surface area contributed by atoms with Crippen LogP contribution in [0.15, 0.2) is 63.5 Å². The fourth-order valence-electron chi connectivity index (χ4n) is 2.34. The van der Waals surface area contributed by atoms with Gasteiger partial charge in [-0.15, -0.1) is 0 Å². The minimum absolute atomic E-state index is 0.0751. The number of hydrogen-bond donors (Lipinski definition) is 0. The van der Waals surface area contributed by atoms with Crippen molar-refractivity contribution >= 4 is 21.9 Å². The molecule has 0 bridgehead atoms. The van der Waals surface area contributed by atoms with Crippen molar-refractivity contribution in [3.8, 4) is 28.6 Å². The first-order valence-electron chi connectivity index (χ1n) is 8.21. The first-order chi connectivity index (χ1) is 13.5. The molecule has 1 aromatic heterocycles. The van der Waals surface area contributed by atoms with E-state index in [1.807, 2.05) is 43.3 Å². The molecule has 2 aromatic carbocycles. The van der Waals surface area contributed by atoms with Crippen molar-refractivity contribution in [3.63, 3.8) is 0 Å². The Morgan fingerprint density at radius 2 is 1.82 bits per heavy atom. The van der Waals surface area contributed by atoms with Crippen LogP contribution in [-0.4, -0.2) is 30.3 Å². The summed E-state index contributed by atoms with van der Waals surface area (Å²) in [6.45, 7) is 1.85. The highest BCUT2D eigenvalue weighted by Crippen LogP contribution is 2.29. The van der Waals surface area contributed by atoms with Crippen LogP contribution in [0.5, 0.6) is 5.75 Å². The van der Waals surface area contributed by atoms with Crippen LogP contribution in [0.25, 0.3) is 22.8 Å². The van der Waals surface area contributed by atoms with Crippen molar-refractivity contribution in [1.29, 1.82) is 0 Å². The maximum Gasteiger partial charge on any atom is 0.377 e. The molecule has 7 nitrogen and oxygen atoms in total. The zero-order valence-electron chi connectivity index (χ0n) is 15.4. The van der Waals surface area contributed by atoms with Crippen LogP contribution in [-0.2, 0) is 14.3 Å². The number of ether oxygens (including phenoxy) is 3. The highest BCUT2D eigenvalue weighted by Gasteiger charge is 2.17. The number of benzene rings is 2. The Kier molecular flexibility index (Phi) is 6.10. The molecule has 0 saturated carbocycles. The number of halogens is 1. The molecule has 8 heteroatoms. The van der Waals surface area contributed by atoms with Gasteiger partial charge in [0.15, 0.2) is 0 Å². The third-order valence-electron chi connectivity index (χ3n) is 3.79. The fraction of sp³-hybridized carbons (Fsp3) is 0.150. The third-order valence-corrected chi connectivity index (χ3v) is 4.32. The van der Waals surface area contributed by atoms with E-state index in [9.17, 15) is 4.79 Å². The fourth-order valence-corrected chi connectivity index (χ4v) is 2.60. The van der Waals surface area contributed by atoms with Crippen LogP contribution < -0.4 is 4.74 Å².